The summed E-state index contributed by atoms with van der Waals surface area (Å²) in [4.78, 5) is 4.31. The Kier molecular flexibility index (Phi) is 2.08. The fourth-order valence-corrected chi connectivity index (χ4v) is 2.00. The van der Waals surface area contributed by atoms with Crippen molar-refractivity contribution in [2.24, 2.45) is 0 Å². The van der Waals surface area contributed by atoms with Crippen LogP contribution in [0.25, 0.3) is 22.0 Å². The maximum Gasteiger partial charge on any atom is 0.127 e. The fourth-order valence-electron chi connectivity index (χ4n) is 2.00. The second-order valence-electron chi connectivity index (χ2n) is 3.95. The van der Waals surface area contributed by atoms with E-state index in [4.69, 9.17) is 0 Å². The molecule has 3 rings (SSSR count). The van der Waals surface area contributed by atoms with Crippen LogP contribution in [0.15, 0.2) is 36.8 Å². The third kappa shape index (κ3) is 1.45. The molecule has 0 atom stereocenters. The highest BCUT2D eigenvalue weighted by molar-refractivity contribution is 5.91. The zero-order valence-corrected chi connectivity index (χ0v) is 9.31. The van der Waals surface area contributed by atoms with Gasteiger partial charge in [0.2, 0.25) is 0 Å². The first-order valence-electron chi connectivity index (χ1n) is 5.34. The Balaban J connectivity index is 2.37. The van der Waals surface area contributed by atoms with Crippen LogP contribution in [0.2, 0.25) is 0 Å². The number of phenolic OH excluding ortho intramolecular Hbond substituents is 1. The average molecular weight is 225 g/mol. The van der Waals surface area contributed by atoms with E-state index in [1.54, 1.807) is 18.6 Å². The zero-order valence-electron chi connectivity index (χ0n) is 9.31. The van der Waals surface area contributed by atoms with Crippen molar-refractivity contribution in [2.75, 3.05) is 0 Å². The lowest BCUT2D eigenvalue weighted by atomic mass is 10.0. The number of aromatic hydroxyl groups is 1. The van der Waals surface area contributed by atoms with Crippen molar-refractivity contribution in [2.45, 2.75) is 6.92 Å². The van der Waals surface area contributed by atoms with E-state index in [2.05, 4.69) is 15.2 Å². The number of benzene rings is 1. The number of rotatable bonds is 1. The number of phenols is 1. The van der Waals surface area contributed by atoms with Crippen molar-refractivity contribution in [3.63, 3.8) is 0 Å². The lowest BCUT2D eigenvalue weighted by Crippen LogP contribution is -1.86. The number of fused-ring (bicyclic) bond motifs is 1. The van der Waals surface area contributed by atoms with Crippen LogP contribution in [0, 0.1) is 6.92 Å². The molecule has 0 aliphatic heterocycles. The summed E-state index contributed by atoms with van der Waals surface area (Å²) in [7, 11) is 0. The molecule has 0 aliphatic rings. The third-order valence-electron chi connectivity index (χ3n) is 2.94. The molecule has 0 bridgehead atoms. The largest absolute Gasteiger partial charge is 0.507 e. The Morgan fingerprint density at radius 2 is 2.24 bits per heavy atom. The smallest absolute Gasteiger partial charge is 0.127 e. The highest BCUT2D eigenvalue weighted by atomic mass is 16.3. The van der Waals surface area contributed by atoms with Crippen LogP contribution in [0.1, 0.15) is 5.56 Å². The maximum atomic E-state index is 10.2. The van der Waals surface area contributed by atoms with Crippen LogP contribution in [-0.2, 0) is 0 Å². The quantitative estimate of drug-likeness (QED) is 0.669. The van der Waals surface area contributed by atoms with Crippen molar-refractivity contribution in [3.05, 3.63) is 42.4 Å². The van der Waals surface area contributed by atoms with Crippen LogP contribution in [0.5, 0.6) is 5.75 Å². The summed E-state index contributed by atoms with van der Waals surface area (Å²) >= 11 is 0. The van der Waals surface area contributed by atoms with Crippen LogP contribution < -0.4 is 0 Å². The van der Waals surface area contributed by atoms with Gasteiger partial charge >= 0.3 is 0 Å². The topological polar surface area (TPSA) is 61.8 Å². The van der Waals surface area contributed by atoms with Gasteiger partial charge in [0.25, 0.3) is 0 Å². The van der Waals surface area contributed by atoms with Crippen molar-refractivity contribution in [1.29, 1.82) is 0 Å². The number of aromatic nitrogens is 3. The number of aromatic amines is 1. The molecule has 0 saturated carbocycles. The number of pyridine rings is 1. The number of nitrogens with one attached hydrogen (secondary N) is 1. The molecular formula is C13H11N3O. The number of H-pyrrole nitrogens is 1. The van der Waals surface area contributed by atoms with Gasteiger partial charge in [-0.2, -0.15) is 5.10 Å². The lowest BCUT2D eigenvalue weighted by molar-refractivity contribution is 0.474. The molecule has 0 fully saturated rings. The van der Waals surface area contributed by atoms with E-state index in [1.807, 2.05) is 25.1 Å². The maximum absolute atomic E-state index is 10.2. The number of hydrogen-bond acceptors (Lipinski definition) is 3. The number of hydrogen-bond donors (Lipinski definition) is 2. The molecule has 4 heteroatoms. The van der Waals surface area contributed by atoms with E-state index in [1.165, 1.54) is 0 Å². The van der Waals surface area contributed by atoms with Crippen LogP contribution in [0.4, 0.5) is 0 Å². The molecule has 0 unspecified atom stereocenters. The van der Waals surface area contributed by atoms with Gasteiger partial charge in [0.1, 0.15) is 5.75 Å². The highest BCUT2D eigenvalue weighted by Gasteiger charge is 2.11. The van der Waals surface area contributed by atoms with Gasteiger partial charge in [-0.1, -0.05) is 6.07 Å². The summed E-state index contributed by atoms with van der Waals surface area (Å²) in [5.74, 6) is 0.284. The molecule has 0 aliphatic carbocycles. The van der Waals surface area contributed by atoms with Crippen LogP contribution >= 0.6 is 0 Å². The van der Waals surface area contributed by atoms with Crippen LogP contribution in [0.3, 0.4) is 0 Å². The van der Waals surface area contributed by atoms with Gasteiger partial charge in [0, 0.05) is 34.5 Å². The molecule has 0 radical (unpaired) electrons. The van der Waals surface area contributed by atoms with Gasteiger partial charge in [-0.15, -0.1) is 0 Å². The average Bonchev–Trinajstić information content (AvgIpc) is 2.87. The van der Waals surface area contributed by atoms with Gasteiger partial charge in [-0.25, -0.2) is 0 Å². The molecule has 0 saturated heterocycles. The zero-order chi connectivity index (χ0) is 11.8. The summed E-state index contributed by atoms with van der Waals surface area (Å²) in [5.41, 5.74) is 3.33. The van der Waals surface area contributed by atoms with E-state index in [0.717, 1.165) is 27.6 Å². The summed E-state index contributed by atoms with van der Waals surface area (Å²) < 4.78 is 0. The van der Waals surface area contributed by atoms with Crippen molar-refractivity contribution >= 4 is 10.9 Å². The molecule has 0 amide bonds. The lowest BCUT2D eigenvalue weighted by Gasteiger charge is -2.08. The van der Waals surface area contributed by atoms with Gasteiger partial charge in [-0.3, -0.25) is 10.1 Å². The molecule has 2 N–H and O–H groups in total. The molecule has 4 nitrogen and oxygen atoms in total. The van der Waals surface area contributed by atoms with Gasteiger partial charge in [0.15, 0.2) is 0 Å². The Morgan fingerprint density at radius 1 is 1.35 bits per heavy atom. The molecule has 2 aromatic heterocycles. The summed E-state index contributed by atoms with van der Waals surface area (Å²) in [5, 5.41) is 17.8. The summed E-state index contributed by atoms with van der Waals surface area (Å²) in [6.07, 6.45) is 5.19. The molecule has 3 aromatic rings. The summed E-state index contributed by atoms with van der Waals surface area (Å²) in [6.45, 7) is 1.89. The van der Waals surface area contributed by atoms with E-state index in [-0.39, 0.29) is 5.75 Å². The predicted octanol–water partition coefficient (Wildman–Crippen LogP) is 2.64. The predicted molar refractivity (Wildman–Crippen MR) is 65.7 cm³/mol. The van der Waals surface area contributed by atoms with E-state index >= 15 is 0 Å². The second kappa shape index (κ2) is 3.59. The Labute approximate surface area is 97.9 Å². The van der Waals surface area contributed by atoms with Gasteiger partial charge < -0.3 is 5.11 Å². The summed E-state index contributed by atoms with van der Waals surface area (Å²) in [6, 6.07) is 5.70. The third-order valence-corrected chi connectivity index (χ3v) is 2.94. The molecule has 1 aromatic carbocycles. The molecule has 2 heterocycles. The molecule has 17 heavy (non-hydrogen) atoms. The standard InChI is InChI=1S/C13H11N3O/c1-8-10-3-2-4-14-12(10)5-11(13(8)17)9-6-15-16-7-9/h2-7,17H,1H3,(H,15,16). The van der Waals surface area contributed by atoms with Crippen molar-refractivity contribution < 1.29 is 5.11 Å². The Morgan fingerprint density at radius 3 is 3.00 bits per heavy atom. The highest BCUT2D eigenvalue weighted by Crippen LogP contribution is 2.35. The first-order chi connectivity index (χ1) is 8.27. The minimum absolute atomic E-state index is 0.284. The Hall–Kier alpha value is -2.36. The van der Waals surface area contributed by atoms with Crippen LogP contribution in [-0.4, -0.2) is 20.3 Å². The molecular weight excluding hydrogens is 214 g/mol. The van der Waals surface area contributed by atoms with Crippen molar-refractivity contribution in [3.8, 4) is 16.9 Å². The second-order valence-corrected chi connectivity index (χ2v) is 3.95. The first kappa shape index (κ1) is 9.84. The van der Waals surface area contributed by atoms with E-state index in [0.29, 0.717) is 0 Å². The van der Waals surface area contributed by atoms with E-state index < -0.39 is 0 Å². The normalized spacial score (nSPS) is 10.9. The Bertz CT molecular complexity index is 674. The molecule has 84 valence electrons. The van der Waals surface area contributed by atoms with Crippen molar-refractivity contribution in [1.82, 2.24) is 15.2 Å². The van der Waals surface area contributed by atoms with Gasteiger partial charge in [0.05, 0.1) is 11.7 Å². The minimum Gasteiger partial charge on any atom is -0.507 e. The fraction of sp³-hybridized carbons (Fsp3) is 0.0769. The van der Waals surface area contributed by atoms with E-state index in [9.17, 15) is 5.11 Å². The monoisotopic (exact) mass is 225 g/mol. The first-order valence-corrected chi connectivity index (χ1v) is 5.34. The minimum atomic E-state index is 0.284. The number of aryl methyl sites for hydroxylation is 1. The SMILES string of the molecule is Cc1c(O)c(-c2cn[nH]c2)cc2ncccc12. The number of nitrogens with zero attached hydrogens (tertiary/aromatic N) is 2. The van der Waals surface area contributed by atoms with Gasteiger partial charge in [-0.05, 0) is 19.1 Å². The molecule has 0 spiro atoms.